The molecule has 0 bridgehead atoms. The topological polar surface area (TPSA) is 96.5 Å². The second-order valence-electron chi connectivity index (χ2n) is 4.03. The molecular formula is C11H13N3O3. The molecule has 2 heterocycles. The number of carboxylic acid groups (broad SMARTS) is 1. The van der Waals surface area contributed by atoms with Crippen LogP contribution in [0.2, 0.25) is 0 Å². The van der Waals surface area contributed by atoms with Gasteiger partial charge < -0.3 is 15.7 Å². The molecular weight excluding hydrogens is 222 g/mol. The van der Waals surface area contributed by atoms with Crippen molar-refractivity contribution in [3.63, 3.8) is 0 Å². The van der Waals surface area contributed by atoms with E-state index in [0.717, 1.165) is 0 Å². The molecule has 1 fully saturated rings. The third-order valence-corrected chi connectivity index (χ3v) is 2.96. The van der Waals surface area contributed by atoms with Gasteiger partial charge in [0.2, 0.25) is 5.91 Å². The Kier molecular flexibility index (Phi) is 2.95. The molecule has 1 amide bonds. The Morgan fingerprint density at radius 1 is 1.53 bits per heavy atom. The van der Waals surface area contributed by atoms with Crippen LogP contribution in [-0.4, -0.2) is 35.1 Å². The fourth-order valence-corrected chi connectivity index (χ4v) is 2.04. The molecule has 17 heavy (non-hydrogen) atoms. The van der Waals surface area contributed by atoms with Crippen molar-refractivity contribution >= 4 is 17.6 Å². The summed E-state index contributed by atoms with van der Waals surface area (Å²) in [6, 6.07) is 1.65. The highest BCUT2D eigenvalue weighted by Crippen LogP contribution is 2.26. The Bertz CT molecular complexity index is 461. The molecule has 0 aromatic carbocycles. The molecule has 6 heteroatoms. The largest absolute Gasteiger partial charge is 0.478 e. The lowest BCUT2D eigenvalue weighted by atomic mass is 10.1. The fourth-order valence-electron chi connectivity index (χ4n) is 2.04. The zero-order valence-corrected chi connectivity index (χ0v) is 9.17. The van der Waals surface area contributed by atoms with Gasteiger partial charge in [-0.2, -0.15) is 0 Å². The van der Waals surface area contributed by atoms with Crippen LogP contribution >= 0.6 is 0 Å². The van der Waals surface area contributed by atoms with Gasteiger partial charge in [-0.1, -0.05) is 0 Å². The van der Waals surface area contributed by atoms with Crippen LogP contribution in [0.1, 0.15) is 16.8 Å². The van der Waals surface area contributed by atoms with Crippen molar-refractivity contribution in [1.82, 2.24) is 4.98 Å². The first-order valence-corrected chi connectivity index (χ1v) is 5.31. The summed E-state index contributed by atoms with van der Waals surface area (Å²) in [5.74, 6) is -1.56. The van der Waals surface area contributed by atoms with E-state index in [1.165, 1.54) is 6.20 Å². The average Bonchev–Trinajstić information content (AvgIpc) is 2.78. The van der Waals surface area contributed by atoms with Crippen molar-refractivity contribution in [2.75, 3.05) is 18.0 Å². The lowest BCUT2D eigenvalue weighted by Crippen LogP contribution is -2.28. The summed E-state index contributed by atoms with van der Waals surface area (Å²) in [5, 5.41) is 9.04. The van der Waals surface area contributed by atoms with Gasteiger partial charge in [0.25, 0.3) is 0 Å². The number of primary amides is 1. The maximum absolute atomic E-state index is 11.1. The molecule has 90 valence electrons. The molecule has 1 aliphatic heterocycles. The second-order valence-corrected chi connectivity index (χ2v) is 4.03. The minimum Gasteiger partial charge on any atom is -0.478 e. The van der Waals surface area contributed by atoms with E-state index in [4.69, 9.17) is 10.8 Å². The van der Waals surface area contributed by atoms with E-state index in [1.807, 2.05) is 4.90 Å². The van der Waals surface area contributed by atoms with Crippen molar-refractivity contribution in [3.8, 4) is 0 Å². The summed E-state index contributed by atoms with van der Waals surface area (Å²) >= 11 is 0. The molecule has 1 saturated heterocycles. The summed E-state index contributed by atoms with van der Waals surface area (Å²) < 4.78 is 0. The standard InChI is InChI=1S/C11H13N3O3/c12-10(15)7-2-4-14(6-7)9-1-3-13-5-8(9)11(16)17/h1,3,5,7H,2,4,6H2,(H2,12,15)(H,16,17). The van der Waals surface area contributed by atoms with Crippen LogP contribution < -0.4 is 10.6 Å². The monoisotopic (exact) mass is 235 g/mol. The summed E-state index contributed by atoms with van der Waals surface area (Å²) in [6.45, 7) is 1.11. The number of nitrogens with two attached hydrogens (primary N) is 1. The van der Waals surface area contributed by atoms with Crippen molar-refractivity contribution in [3.05, 3.63) is 24.0 Å². The quantitative estimate of drug-likeness (QED) is 0.774. The highest BCUT2D eigenvalue weighted by molar-refractivity contribution is 5.94. The number of carbonyl (C=O) groups excluding carboxylic acids is 1. The van der Waals surface area contributed by atoms with Gasteiger partial charge in [0.15, 0.2) is 0 Å². The molecule has 6 nitrogen and oxygen atoms in total. The van der Waals surface area contributed by atoms with E-state index >= 15 is 0 Å². The molecule has 2 rings (SSSR count). The van der Waals surface area contributed by atoms with Crippen LogP contribution in [0.5, 0.6) is 0 Å². The van der Waals surface area contributed by atoms with Gasteiger partial charge in [-0.25, -0.2) is 4.79 Å². The van der Waals surface area contributed by atoms with Crippen molar-refractivity contribution in [2.45, 2.75) is 6.42 Å². The average molecular weight is 235 g/mol. The predicted octanol–water partition coefficient (Wildman–Crippen LogP) is 0.0914. The molecule has 0 spiro atoms. The first kappa shape index (κ1) is 11.4. The Hall–Kier alpha value is -2.11. The van der Waals surface area contributed by atoms with Crippen LogP contribution in [0, 0.1) is 5.92 Å². The van der Waals surface area contributed by atoms with E-state index in [9.17, 15) is 9.59 Å². The molecule has 1 atom stereocenters. The number of aromatic nitrogens is 1. The molecule has 0 aliphatic carbocycles. The number of pyridine rings is 1. The molecule has 1 aromatic heterocycles. The first-order valence-electron chi connectivity index (χ1n) is 5.31. The molecule has 1 unspecified atom stereocenters. The Morgan fingerprint density at radius 2 is 2.29 bits per heavy atom. The predicted molar refractivity (Wildman–Crippen MR) is 60.7 cm³/mol. The van der Waals surface area contributed by atoms with Crippen molar-refractivity contribution in [2.24, 2.45) is 11.7 Å². The van der Waals surface area contributed by atoms with Gasteiger partial charge in [0.05, 0.1) is 11.6 Å². The van der Waals surface area contributed by atoms with E-state index in [0.29, 0.717) is 25.2 Å². The van der Waals surface area contributed by atoms with E-state index in [-0.39, 0.29) is 17.4 Å². The van der Waals surface area contributed by atoms with Gasteiger partial charge in [-0.15, -0.1) is 0 Å². The second kappa shape index (κ2) is 4.40. The zero-order chi connectivity index (χ0) is 12.4. The highest BCUT2D eigenvalue weighted by Gasteiger charge is 2.28. The first-order chi connectivity index (χ1) is 8.09. The van der Waals surface area contributed by atoms with Gasteiger partial charge in [0.1, 0.15) is 5.56 Å². The van der Waals surface area contributed by atoms with E-state index < -0.39 is 5.97 Å². The number of nitrogens with zero attached hydrogens (tertiary/aromatic N) is 2. The SMILES string of the molecule is NC(=O)C1CCN(c2ccncc2C(=O)O)C1. The summed E-state index contributed by atoms with van der Waals surface area (Å²) in [6.07, 6.45) is 3.52. The number of carbonyl (C=O) groups is 2. The summed E-state index contributed by atoms with van der Waals surface area (Å²) in [5.41, 5.74) is 5.99. The lowest BCUT2D eigenvalue weighted by molar-refractivity contribution is -0.121. The number of hydrogen-bond acceptors (Lipinski definition) is 4. The minimum atomic E-state index is -1.02. The molecule has 0 saturated carbocycles. The molecule has 1 aromatic rings. The fraction of sp³-hybridized carbons (Fsp3) is 0.364. The lowest BCUT2D eigenvalue weighted by Gasteiger charge is -2.19. The number of aromatic carboxylic acids is 1. The molecule has 3 N–H and O–H groups in total. The van der Waals surface area contributed by atoms with Crippen LogP contribution in [0.3, 0.4) is 0 Å². The van der Waals surface area contributed by atoms with E-state index in [2.05, 4.69) is 4.98 Å². The number of hydrogen-bond donors (Lipinski definition) is 2. The van der Waals surface area contributed by atoms with Gasteiger partial charge >= 0.3 is 5.97 Å². The Balaban J connectivity index is 2.24. The molecule has 1 aliphatic rings. The number of rotatable bonds is 3. The minimum absolute atomic E-state index is 0.151. The van der Waals surface area contributed by atoms with Crippen LogP contribution in [0.4, 0.5) is 5.69 Å². The third-order valence-electron chi connectivity index (χ3n) is 2.96. The van der Waals surface area contributed by atoms with Crippen molar-refractivity contribution in [1.29, 1.82) is 0 Å². The smallest absolute Gasteiger partial charge is 0.339 e. The summed E-state index contributed by atoms with van der Waals surface area (Å²) in [7, 11) is 0. The maximum atomic E-state index is 11.1. The van der Waals surface area contributed by atoms with Crippen molar-refractivity contribution < 1.29 is 14.7 Å². The molecule has 0 radical (unpaired) electrons. The highest BCUT2D eigenvalue weighted by atomic mass is 16.4. The van der Waals surface area contributed by atoms with Crippen LogP contribution in [0.15, 0.2) is 18.5 Å². The number of anilines is 1. The number of carboxylic acids is 1. The van der Waals surface area contributed by atoms with Crippen LogP contribution in [-0.2, 0) is 4.79 Å². The third kappa shape index (κ3) is 2.20. The Labute approximate surface area is 98.1 Å². The Morgan fingerprint density at radius 3 is 2.88 bits per heavy atom. The normalized spacial score (nSPS) is 19.3. The zero-order valence-electron chi connectivity index (χ0n) is 9.17. The maximum Gasteiger partial charge on any atom is 0.339 e. The number of amides is 1. The van der Waals surface area contributed by atoms with Gasteiger partial charge in [-0.3, -0.25) is 9.78 Å². The van der Waals surface area contributed by atoms with E-state index in [1.54, 1.807) is 12.3 Å². The van der Waals surface area contributed by atoms with Crippen LogP contribution in [0.25, 0.3) is 0 Å². The summed E-state index contributed by atoms with van der Waals surface area (Å²) in [4.78, 5) is 27.8. The van der Waals surface area contributed by atoms with Gasteiger partial charge in [0, 0.05) is 25.5 Å². The van der Waals surface area contributed by atoms with Gasteiger partial charge in [-0.05, 0) is 12.5 Å².